The highest BCUT2D eigenvalue weighted by Gasteiger charge is 2.38. The van der Waals surface area contributed by atoms with Gasteiger partial charge in [0, 0.05) is 32.0 Å². The average Bonchev–Trinajstić information content (AvgIpc) is 3.61. The van der Waals surface area contributed by atoms with Crippen LogP contribution in [0, 0.1) is 18.3 Å². The number of nitriles is 1. The molecule has 0 unspecified atom stereocenters. The predicted molar refractivity (Wildman–Crippen MR) is 204 cm³/mol. The van der Waals surface area contributed by atoms with Crippen LogP contribution in [0.25, 0.3) is 53.2 Å². The third-order valence-corrected chi connectivity index (χ3v) is 11.3. The van der Waals surface area contributed by atoms with Crippen LogP contribution in [0.1, 0.15) is 36.1 Å². The quantitative estimate of drug-likeness (QED) is 0.193. The number of hydrogen-bond donors (Lipinski definition) is 0. The van der Waals surface area contributed by atoms with Crippen molar-refractivity contribution in [3.05, 3.63) is 162 Å². The van der Waals surface area contributed by atoms with Crippen molar-refractivity contribution in [3.63, 3.8) is 0 Å². The molecule has 0 atom stereocenters. The van der Waals surface area contributed by atoms with Crippen molar-refractivity contribution in [3.8, 4) is 28.3 Å². The second-order valence-electron chi connectivity index (χ2n) is 13.4. The molecule has 0 saturated carbocycles. The monoisotopic (exact) mass is 632 g/mol. The summed E-state index contributed by atoms with van der Waals surface area (Å²) in [5.74, 6) is 0. The van der Waals surface area contributed by atoms with Crippen LogP contribution in [0.4, 0.5) is 17.1 Å². The predicted octanol–water partition coefficient (Wildman–Crippen LogP) is 12.8. The molecule has 3 heteroatoms. The van der Waals surface area contributed by atoms with Crippen LogP contribution in [-0.4, -0.2) is 0 Å². The number of nitrogens with zero attached hydrogens (tertiary/aromatic N) is 2. The van der Waals surface area contributed by atoms with Gasteiger partial charge in [0.15, 0.2) is 0 Å². The summed E-state index contributed by atoms with van der Waals surface area (Å²) in [6.07, 6.45) is 0. The minimum atomic E-state index is -0.242. The van der Waals surface area contributed by atoms with E-state index in [9.17, 15) is 5.26 Å². The highest BCUT2D eigenvalue weighted by molar-refractivity contribution is 7.26. The summed E-state index contributed by atoms with van der Waals surface area (Å²) in [7, 11) is 0. The first-order valence-electron chi connectivity index (χ1n) is 16.4. The van der Waals surface area contributed by atoms with E-state index in [1.165, 1.54) is 70.1 Å². The van der Waals surface area contributed by atoms with E-state index in [2.05, 4.69) is 153 Å². The highest BCUT2D eigenvalue weighted by atomic mass is 32.1. The number of fused-ring (bicyclic) bond motifs is 8. The highest BCUT2D eigenvalue weighted by Crippen LogP contribution is 2.56. The third kappa shape index (κ3) is 4.23. The second kappa shape index (κ2) is 10.7. The molecular weight excluding hydrogens is 601 g/mol. The lowest BCUT2D eigenvalue weighted by atomic mass is 9.81. The Labute approximate surface area is 284 Å². The molecule has 0 N–H and O–H groups in total. The van der Waals surface area contributed by atoms with E-state index in [0.29, 0.717) is 5.56 Å². The molecule has 7 aromatic carbocycles. The van der Waals surface area contributed by atoms with Gasteiger partial charge in [-0.3, -0.25) is 0 Å². The summed E-state index contributed by atoms with van der Waals surface area (Å²) < 4.78 is 2.59. The Bertz CT molecular complexity index is 2630. The summed E-state index contributed by atoms with van der Waals surface area (Å²) in [4.78, 5) is 2.49. The molecule has 9 rings (SSSR count). The molecule has 0 saturated heterocycles. The van der Waals surface area contributed by atoms with E-state index in [0.717, 1.165) is 16.8 Å². The van der Waals surface area contributed by atoms with Crippen LogP contribution in [0.2, 0.25) is 0 Å². The van der Waals surface area contributed by atoms with Crippen LogP contribution in [0.3, 0.4) is 0 Å². The van der Waals surface area contributed by atoms with Gasteiger partial charge >= 0.3 is 0 Å². The zero-order valence-electron chi connectivity index (χ0n) is 27.1. The van der Waals surface area contributed by atoms with Crippen LogP contribution < -0.4 is 4.90 Å². The van der Waals surface area contributed by atoms with Crippen molar-refractivity contribution in [1.82, 2.24) is 0 Å². The summed E-state index contributed by atoms with van der Waals surface area (Å²) in [6.45, 7) is 6.89. The van der Waals surface area contributed by atoms with Gasteiger partial charge in [-0.15, -0.1) is 11.3 Å². The zero-order chi connectivity index (χ0) is 32.6. The van der Waals surface area contributed by atoms with Crippen molar-refractivity contribution in [1.29, 1.82) is 5.26 Å². The maximum Gasteiger partial charge on any atom is 0.0991 e. The lowest BCUT2D eigenvalue weighted by Gasteiger charge is -2.30. The fraction of sp³-hybridized carbons (Fsp3) is 0.0889. The molecule has 0 radical (unpaired) electrons. The van der Waals surface area contributed by atoms with E-state index in [1.807, 2.05) is 29.5 Å². The first kappa shape index (κ1) is 28.5. The number of thiophene rings is 1. The SMILES string of the molecule is Cc1cccc(N(c2cc3c(c4ccccc24)-c2ccc(-c4cccc(C#N)c4)cc2C3(C)C)c2cccc3c2sc2ccccc23)c1. The van der Waals surface area contributed by atoms with Gasteiger partial charge in [0.2, 0.25) is 0 Å². The zero-order valence-corrected chi connectivity index (χ0v) is 27.9. The second-order valence-corrected chi connectivity index (χ2v) is 14.4. The summed E-state index contributed by atoms with van der Waals surface area (Å²) in [6, 6.07) is 52.8. The molecular formula is C45H32N2S. The number of anilines is 3. The van der Waals surface area contributed by atoms with E-state index >= 15 is 0 Å². The molecule has 0 spiro atoms. The Balaban J connectivity index is 1.32. The average molecular weight is 633 g/mol. The minimum absolute atomic E-state index is 0.242. The van der Waals surface area contributed by atoms with E-state index < -0.39 is 0 Å². The Morgan fingerprint density at radius 3 is 2.17 bits per heavy atom. The Morgan fingerprint density at radius 2 is 1.33 bits per heavy atom. The van der Waals surface area contributed by atoms with Crippen molar-refractivity contribution < 1.29 is 0 Å². The number of aryl methyl sites for hydroxylation is 1. The van der Waals surface area contributed by atoms with Gasteiger partial charge < -0.3 is 4.90 Å². The fourth-order valence-corrected chi connectivity index (χ4v) is 8.99. The maximum atomic E-state index is 9.56. The van der Waals surface area contributed by atoms with Gasteiger partial charge in [-0.25, -0.2) is 0 Å². The van der Waals surface area contributed by atoms with Crippen LogP contribution >= 0.6 is 11.3 Å². The molecule has 8 aromatic rings. The Morgan fingerprint density at radius 1 is 0.604 bits per heavy atom. The van der Waals surface area contributed by atoms with E-state index in [-0.39, 0.29) is 5.41 Å². The number of benzene rings is 7. The standard InChI is InChI=1S/C45H32N2S/c1-28-11-8-14-32(23-28)47(40-19-10-18-36-34-16-6-7-20-42(34)48-44(36)40)41-26-39-43(35-17-5-4-15-33(35)41)37-22-21-31(25-38(37)45(39,2)3)30-13-9-12-29(24-30)27-46/h4-26H,1-3H3. The van der Waals surface area contributed by atoms with Crippen LogP contribution in [-0.2, 0) is 5.41 Å². The lowest BCUT2D eigenvalue weighted by molar-refractivity contribution is 0.661. The van der Waals surface area contributed by atoms with Crippen molar-refractivity contribution >= 4 is 59.3 Å². The van der Waals surface area contributed by atoms with Gasteiger partial charge in [-0.1, -0.05) is 105 Å². The fourth-order valence-electron chi connectivity index (χ4n) is 7.78. The summed E-state index contributed by atoms with van der Waals surface area (Å²) in [5, 5.41) is 14.6. The van der Waals surface area contributed by atoms with E-state index in [4.69, 9.17) is 0 Å². The summed E-state index contributed by atoms with van der Waals surface area (Å²) in [5.41, 5.74) is 12.6. The third-order valence-electron chi connectivity index (χ3n) is 10.1. The van der Waals surface area contributed by atoms with Gasteiger partial charge in [-0.05, 0) is 99.8 Å². The normalized spacial score (nSPS) is 13.0. The molecule has 1 heterocycles. The topological polar surface area (TPSA) is 27.0 Å². The molecule has 1 aliphatic carbocycles. The van der Waals surface area contributed by atoms with Crippen LogP contribution in [0.15, 0.2) is 140 Å². The molecule has 0 aliphatic heterocycles. The largest absolute Gasteiger partial charge is 0.308 e. The molecule has 0 amide bonds. The van der Waals surface area contributed by atoms with Gasteiger partial charge in [0.1, 0.15) is 0 Å². The van der Waals surface area contributed by atoms with Crippen molar-refractivity contribution in [2.45, 2.75) is 26.2 Å². The first-order chi connectivity index (χ1) is 23.4. The molecule has 2 nitrogen and oxygen atoms in total. The lowest BCUT2D eigenvalue weighted by Crippen LogP contribution is -2.17. The van der Waals surface area contributed by atoms with Crippen LogP contribution in [0.5, 0.6) is 0 Å². The Hall–Kier alpha value is -5.69. The van der Waals surface area contributed by atoms with E-state index in [1.54, 1.807) is 0 Å². The minimum Gasteiger partial charge on any atom is -0.308 e. The van der Waals surface area contributed by atoms with Gasteiger partial charge in [0.05, 0.1) is 27.7 Å². The number of rotatable bonds is 4. The van der Waals surface area contributed by atoms with Crippen molar-refractivity contribution in [2.75, 3.05) is 4.90 Å². The molecule has 1 aliphatic rings. The molecule has 0 fully saturated rings. The van der Waals surface area contributed by atoms with Gasteiger partial charge in [-0.2, -0.15) is 5.26 Å². The van der Waals surface area contributed by atoms with Crippen molar-refractivity contribution in [2.24, 2.45) is 0 Å². The first-order valence-corrected chi connectivity index (χ1v) is 17.2. The molecule has 48 heavy (non-hydrogen) atoms. The molecule has 1 aromatic heterocycles. The summed E-state index contributed by atoms with van der Waals surface area (Å²) >= 11 is 1.87. The maximum absolute atomic E-state index is 9.56. The van der Waals surface area contributed by atoms with Gasteiger partial charge in [0.25, 0.3) is 0 Å². The molecule has 228 valence electrons. The smallest absolute Gasteiger partial charge is 0.0991 e. The number of hydrogen-bond acceptors (Lipinski definition) is 3. The molecule has 0 bridgehead atoms. The Kier molecular flexibility index (Phi) is 6.34.